The van der Waals surface area contributed by atoms with Crippen molar-refractivity contribution in [1.82, 2.24) is 15.0 Å². The molecule has 0 N–H and O–H groups in total. The minimum atomic E-state index is 0.686. The molecule has 0 saturated heterocycles. The molecule has 0 saturated carbocycles. The van der Waals surface area contributed by atoms with Gasteiger partial charge in [0.05, 0.1) is 16.9 Å². The highest BCUT2D eigenvalue weighted by Gasteiger charge is 2.15. The van der Waals surface area contributed by atoms with Gasteiger partial charge in [0, 0.05) is 28.3 Å². The van der Waals surface area contributed by atoms with Gasteiger partial charge >= 0.3 is 0 Å². The lowest BCUT2D eigenvalue weighted by Crippen LogP contribution is -1.97. The smallest absolute Gasteiger partial charge is 0.160 e. The summed E-state index contributed by atoms with van der Waals surface area (Å²) in [7, 11) is 0. The molecule has 0 amide bonds. The Labute approximate surface area is 303 Å². The molecule has 0 bridgehead atoms. The molecular formula is C49H33N3. The van der Waals surface area contributed by atoms with Gasteiger partial charge in [-0.25, -0.2) is 9.97 Å². The summed E-state index contributed by atoms with van der Waals surface area (Å²) < 4.78 is 0. The zero-order valence-electron chi connectivity index (χ0n) is 28.4. The van der Waals surface area contributed by atoms with Crippen LogP contribution < -0.4 is 0 Å². The monoisotopic (exact) mass is 663 g/mol. The van der Waals surface area contributed by atoms with E-state index in [-0.39, 0.29) is 0 Å². The highest BCUT2D eigenvalue weighted by molar-refractivity contribution is 5.96. The third kappa shape index (κ3) is 6.28. The molecule has 3 nitrogen and oxygen atoms in total. The van der Waals surface area contributed by atoms with E-state index in [0.717, 1.165) is 72.4 Å². The minimum absolute atomic E-state index is 0.686. The topological polar surface area (TPSA) is 38.7 Å². The van der Waals surface area contributed by atoms with Crippen molar-refractivity contribution in [2.24, 2.45) is 0 Å². The Bertz CT molecular complexity index is 2520. The van der Waals surface area contributed by atoms with Gasteiger partial charge in [0.15, 0.2) is 5.82 Å². The van der Waals surface area contributed by atoms with Crippen LogP contribution in [0.3, 0.4) is 0 Å². The van der Waals surface area contributed by atoms with Crippen molar-refractivity contribution in [3.05, 3.63) is 200 Å². The average Bonchev–Trinajstić information content (AvgIpc) is 3.24. The molecule has 0 radical (unpaired) electrons. The average molecular weight is 664 g/mol. The SMILES string of the molecule is c1ccc(-c2ccc(-c3cc(-c4ccc(-c5ccccn5)cc4)cc(-c4nc(-c5ccccc5)c5ccc(-c6ccccc6)cc5n4)c3)cc2)cc1. The van der Waals surface area contributed by atoms with Crippen molar-refractivity contribution in [2.75, 3.05) is 0 Å². The molecule has 0 unspecified atom stereocenters. The van der Waals surface area contributed by atoms with E-state index in [4.69, 9.17) is 9.97 Å². The Morgan fingerprint density at radius 1 is 0.288 bits per heavy atom. The minimum Gasteiger partial charge on any atom is -0.256 e. The maximum Gasteiger partial charge on any atom is 0.160 e. The van der Waals surface area contributed by atoms with Gasteiger partial charge in [-0.05, 0) is 87.0 Å². The molecule has 2 aromatic heterocycles. The molecule has 2 heterocycles. The van der Waals surface area contributed by atoms with Crippen LogP contribution in [0.5, 0.6) is 0 Å². The maximum atomic E-state index is 5.30. The maximum absolute atomic E-state index is 5.30. The van der Waals surface area contributed by atoms with Gasteiger partial charge in [-0.2, -0.15) is 0 Å². The molecule has 0 aliphatic carbocycles. The van der Waals surface area contributed by atoms with Crippen LogP contribution in [0, 0.1) is 0 Å². The van der Waals surface area contributed by atoms with Crippen molar-refractivity contribution in [3.8, 4) is 78.4 Å². The van der Waals surface area contributed by atoms with Crippen molar-refractivity contribution < 1.29 is 0 Å². The summed E-state index contributed by atoms with van der Waals surface area (Å²) in [6, 6.07) is 68.0. The fourth-order valence-corrected chi connectivity index (χ4v) is 6.83. The molecule has 9 rings (SSSR count). The summed E-state index contributed by atoms with van der Waals surface area (Å²) in [5.74, 6) is 0.686. The van der Waals surface area contributed by atoms with Crippen LogP contribution in [0.1, 0.15) is 0 Å². The lowest BCUT2D eigenvalue weighted by Gasteiger charge is -2.14. The molecular weight excluding hydrogens is 631 g/mol. The van der Waals surface area contributed by atoms with Gasteiger partial charge in [0.25, 0.3) is 0 Å². The molecule has 0 aliphatic rings. The predicted molar refractivity (Wildman–Crippen MR) is 215 cm³/mol. The third-order valence-electron chi connectivity index (χ3n) is 9.55. The van der Waals surface area contributed by atoms with E-state index in [0.29, 0.717) is 5.82 Å². The van der Waals surface area contributed by atoms with Crippen LogP contribution in [0.15, 0.2) is 200 Å². The van der Waals surface area contributed by atoms with E-state index in [1.54, 1.807) is 0 Å². The van der Waals surface area contributed by atoms with Gasteiger partial charge in [-0.1, -0.05) is 152 Å². The zero-order chi connectivity index (χ0) is 34.7. The number of aromatic nitrogens is 3. The highest BCUT2D eigenvalue weighted by atomic mass is 14.9. The Hall–Kier alpha value is -6.97. The largest absolute Gasteiger partial charge is 0.256 e. The van der Waals surface area contributed by atoms with Gasteiger partial charge in [0.2, 0.25) is 0 Å². The van der Waals surface area contributed by atoms with E-state index in [9.17, 15) is 0 Å². The van der Waals surface area contributed by atoms with Gasteiger partial charge in [-0.3, -0.25) is 4.98 Å². The van der Waals surface area contributed by atoms with Crippen LogP contribution in [-0.4, -0.2) is 15.0 Å². The quantitative estimate of drug-likeness (QED) is 0.170. The number of benzene rings is 7. The molecule has 52 heavy (non-hydrogen) atoms. The second kappa shape index (κ2) is 13.7. The number of hydrogen-bond donors (Lipinski definition) is 0. The van der Waals surface area contributed by atoms with Crippen molar-refractivity contribution in [3.63, 3.8) is 0 Å². The lowest BCUT2D eigenvalue weighted by molar-refractivity contribution is 1.23. The zero-order valence-corrected chi connectivity index (χ0v) is 28.4. The van der Waals surface area contributed by atoms with Crippen LogP contribution in [0.4, 0.5) is 0 Å². The summed E-state index contributed by atoms with van der Waals surface area (Å²) >= 11 is 0. The molecule has 9 aromatic rings. The van der Waals surface area contributed by atoms with E-state index >= 15 is 0 Å². The van der Waals surface area contributed by atoms with Crippen molar-refractivity contribution in [2.45, 2.75) is 0 Å². The van der Waals surface area contributed by atoms with E-state index in [1.165, 1.54) is 11.1 Å². The molecule has 7 aromatic carbocycles. The number of rotatable bonds is 7. The van der Waals surface area contributed by atoms with Crippen LogP contribution in [0.25, 0.3) is 89.3 Å². The molecule has 0 fully saturated rings. The first-order valence-corrected chi connectivity index (χ1v) is 17.5. The number of pyridine rings is 1. The normalized spacial score (nSPS) is 11.1. The summed E-state index contributed by atoms with van der Waals surface area (Å²) in [4.78, 5) is 15.1. The second-order valence-electron chi connectivity index (χ2n) is 12.9. The van der Waals surface area contributed by atoms with Gasteiger partial charge in [-0.15, -0.1) is 0 Å². The Morgan fingerprint density at radius 2 is 0.750 bits per heavy atom. The van der Waals surface area contributed by atoms with E-state index in [2.05, 4.69) is 163 Å². The number of nitrogens with zero attached hydrogens (tertiary/aromatic N) is 3. The van der Waals surface area contributed by atoms with Crippen molar-refractivity contribution in [1.29, 1.82) is 0 Å². The number of fused-ring (bicyclic) bond motifs is 1. The van der Waals surface area contributed by atoms with E-state index < -0.39 is 0 Å². The van der Waals surface area contributed by atoms with Crippen molar-refractivity contribution >= 4 is 10.9 Å². The molecule has 0 atom stereocenters. The van der Waals surface area contributed by atoms with Gasteiger partial charge in [0.1, 0.15) is 0 Å². The van der Waals surface area contributed by atoms with E-state index in [1.807, 2.05) is 42.6 Å². The van der Waals surface area contributed by atoms with Crippen LogP contribution in [0.2, 0.25) is 0 Å². The molecule has 3 heteroatoms. The first kappa shape index (κ1) is 31.0. The fraction of sp³-hybridized carbons (Fsp3) is 0. The van der Waals surface area contributed by atoms with Gasteiger partial charge < -0.3 is 0 Å². The first-order chi connectivity index (χ1) is 25.7. The third-order valence-corrected chi connectivity index (χ3v) is 9.55. The Kier molecular flexibility index (Phi) is 8.20. The Morgan fingerprint density at radius 3 is 1.33 bits per heavy atom. The highest BCUT2D eigenvalue weighted by Crippen LogP contribution is 2.36. The number of hydrogen-bond acceptors (Lipinski definition) is 3. The fourth-order valence-electron chi connectivity index (χ4n) is 6.83. The summed E-state index contributed by atoms with van der Waals surface area (Å²) in [6.45, 7) is 0. The lowest BCUT2D eigenvalue weighted by atomic mass is 9.94. The molecule has 0 aliphatic heterocycles. The summed E-state index contributed by atoms with van der Waals surface area (Å²) in [5.41, 5.74) is 15.0. The molecule has 0 spiro atoms. The summed E-state index contributed by atoms with van der Waals surface area (Å²) in [6.07, 6.45) is 1.83. The Balaban J connectivity index is 1.22. The first-order valence-electron chi connectivity index (χ1n) is 17.5. The standard InChI is InChI=1S/C49H33N3/c1-4-12-34(13-5-1)36-19-21-37(22-20-36)42-30-43(38-23-25-39(26-24-38)46-18-10-11-29-50-46)32-44(31-42)49-51-47-33-41(35-14-6-2-7-15-35)27-28-45(47)48(52-49)40-16-8-3-9-17-40/h1-33H. The van der Waals surface area contributed by atoms with Crippen LogP contribution in [-0.2, 0) is 0 Å². The van der Waals surface area contributed by atoms with Crippen LogP contribution >= 0.6 is 0 Å². The second-order valence-corrected chi connectivity index (χ2v) is 12.9. The molecule has 244 valence electrons. The predicted octanol–water partition coefficient (Wildman–Crippen LogP) is 12.7. The summed E-state index contributed by atoms with van der Waals surface area (Å²) in [5, 5.41) is 1.02.